The molecule has 0 amide bonds. The van der Waals surface area contributed by atoms with Gasteiger partial charge in [0.05, 0.1) is 11.1 Å². The Hall–Kier alpha value is -4.03. The van der Waals surface area contributed by atoms with Crippen LogP contribution in [0.15, 0.2) is 107 Å². The number of halogens is 6. The molecule has 0 bridgehead atoms. The first-order chi connectivity index (χ1) is 22.5. The molecule has 3 aromatic rings. The molecule has 0 aliphatic heterocycles. The van der Waals surface area contributed by atoms with Crippen LogP contribution < -0.4 is 5.32 Å². The number of hydrogen-bond donors (Lipinski definition) is 2. The van der Waals surface area contributed by atoms with Gasteiger partial charge in [-0.25, -0.2) is 4.79 Å². The Balaban J connectivity index is 1.57. The van der Waals surface area contributed by atoms with Gasteiger partial charge in [0.2, 0.25) is 0 Å². The number of carboxylic acids is 1. The predicted molar refractivity (Wildman–Crippen MR) is 180 cm³/mol. The molecule has 0 heterocycles. The van der Waals surface area contributed by atoms with Gasteiger partial charge in [0.1, 0.15) is 10.7 Å². The Bertz CT molecular complexity index is 1730. The quantitative estimate of drug-likeness (QED) is 0.153. The van der Waals surface area contributed by atoms with E-state index >= 15 is 0 Å². The van der Waals surface area contributed by atoms with Gasteiger partial charge in [-0.15, -0.1) is 11.8 Å². The lowest BCUT2D eigenvalue weighted by molar-refractivity contribution is -0.141. The zero-order chi connectivity index (χ0) is 35.2. The molecule has 4 rings (SSSR count). The molecule has 0 saturated heterocycles. The Labute approximate surface area is 284 Å². The van der Waals surface area contributed by atoms with Crippen LogP contribution in [0.3, 0.4) is 0 Å². The molecular formula is C36H33F6NO3S2. The van der Waals surface area contributed by atoms with Crippen LogP contribution in [0.1, 0.15) is 49.4 Å². The van der Waals surface area contributed by atoms with Gasteiger partial charge in [0.25, 0.3) is 0 Å². The van der Waals surface area contributed by atoms with E-state index < -0.39 is 36.1 Å². The van der Waals surface area contributed by atoms with Gasteiger partial charge >= 0.3 is 18.3 Å². The summed E-state index contributed by atoms with van der Waals surface area (Å²) >= 11 is 7.07. The standard InChI is InChI=1S/C36H33F6NO3S2/c1-21-15-30(16-22(2)33(21)46-20-32(44)45)48-31(17-23(3)43-34(47)26-11-13-28(14-12-26)35(37,38)39)18-24-7-9-25(10-8-24)27-5-4-6-29(19-27)36(40,41)42/h4-15,17,19,22,31H,16,18,20H2,1-3H3,(H,43,47)(H,44,45)/b23-17+. The van der Waals surface area contributed by atoms with Crippen LogP contribution >= 0.6 is 24.0 Å². The Kier molecular flexibility index (Phi) is 11.9. The van der Waals surface area contributed by atoms with Crippen molar-refractivity contribution < 1.29 is 41.0 Å². The van der Waals surface area contributed by atoms with E-state index in [0.29, 0.717) is 41.0 Å². The molecule has 254 valence electrons. The second kappa shape index (κ2) is 15.5. The molecule has 4 nitrogen and oxygen atoms in total. The van der Waals surface area contributed by atoms with Crippen molar-refractivity contribution in [3.05, 3.63) is 129 Å². The van der Waals surface area contributed by atoms with Gasteiger partial charge in [-0.3, -0.25) is 0 Å². The molecule has 1 aliphatic rings. The van der Waals surface area contributed by atoms with E-state index in [-0.39, 0.29) is 16.2 Å². The normalized spacial score (nSPS) is 16.3. The van der Waals surface area contributed by atoms with Crippen molar-refractivity contribution in [2.75, 3.05) is 6.61 Å². The van der Waals surface area contributed by atoms with Crippen molar-refractivity contribution in [3.63, 3.8) is 0 Å². The Morgan fingerprint density at radius 2 is 1.65 bits per heavy atom. The number of allylic oxidation sites excluding steroid dienone is 5. The highest BCUT2D eigenvalue weighted by Crippen LogP contribution is 2.39. The number of thiocarbonyl (C=S) groups is 1. The van der Waals surface area contributed by atoms with Crippen LogP contribution in [0.4, 0.5) is 26.3 Å². The number of alkyl halides is 6. The number of benzene rings is 3. The number of carboxylic acid groups (broad SMARTS) is 1. The molecular weight excluding hydrogens is 673 g/mol. The highest BCUT2D eigenvalue weighted by Gasteiger charge is 2.31. The summed E-state index contributed by atoms with van der Waals surface area (Å²) in [4.78, 5) is 12.3. The summed E-state index contributed by atoms with van der Waals surface area (Å²) in [5.41, 5.74) is 2.46. The third-order valence-electron chi connectivity index (χ3n) is 7.51. The lowest BCUT2D eigenvalue weighted by Crippen LogP contribution is -2.22. The van der Waals surface area contributed by atoms with E-state index in [9.17, 15) is 31.1 Å². The first kappa shape index (κ1) is 36.8. The van der Waals surface area contributed by atoms with Crippen LogP contribution in [0.25, 0.3) is 11.1 Å². The lowest BCUT2D eigenvalue weighted by atomic mass is 9.96. The van der Waals surface area contributed by atoms with Gasteiger partial charge in [0, 0.05) is 22.4 Å². The number of carbonyl (C=O) groups is 1. The van der Waals surface area contributed by atoms with Crippen LogP contribution in [-0.2, 0) is 28.3 Å². The van der Waals surface area contributed by atoms with Crippen molar-refractivity contribution in [3.8, 4) is 11.1 Å². The average Bonchev–Trinajstić information content (AvgIpc) is 3.00. The first-order valence-corrected chi connectivity index (χ1v) is 16.1. The van der Waals surface area contributed by atoms with Gasteiger partial charge < -0.3 is 15.2 Å². The second-order valence-electron chi connectivity index (χ2n) is 11.5. The van der Waals surface area contributed by atoms with Gasteiger partial charge in [-0.05, 0) is 84.2 Å². The topological polar surface area (TPSA) is 58.6 Å². The summed E-state index contributed by atoms with van der Waals surface area (Å²) in [5.74, 6) is -0.494. The van der Waals surface area contributed by atoms with Crippen molar-refractivity contribution >= 4 is 34.9 Å². The van der Waals surface area contributed by atoms with Crippen molar-refractivity contribution in [1.82, 2.24) is 5.32 Å². The van der Waals surface area contributed by atoms with E-state index in [0.717, 1.165) is 40.3 Å². The summed E-state index contributed by atoms with van der Waals surface area (Å²) in [5, 5.41) is 12.0. The number of ether oxygens (including phenoxy) is 1. The Morgan fingerprint density at radius 3 is 2.23 bits per heavy atom. The molecule has 48 heavy (non-hydrogen) atoms. The van der Waals surface area contributed by atoms with Gasteiger partial charge in [0.15, 0.2) is 6.61 Å². The molecule has 2 unspecified atom stereocenters. The summed E-state index contributed by atoms with van der Waals surface area (Å²) < 4.78 is 84.4. The molecule has 0 radical (unpaired) electrons. The average molecular weight is 706 g/mol. The third-order valence-corrected chi connectivity index (χ3v) is 9.04. The largest absolute Gasteiger partial charge is 0.486 e. The number of nitrogens with one attached hydrogen (secondary N) is 1. The zero-order valence-electron chi connectivity index (χ0n) is 26.2. The van der Waals surface area contributed by atoms with E-state index in [4.69, 9.17) is 22.1 Å². The highest BCUT2D eigenvalue weighted by molar-refractivity contribution is 8.03. The molecule has 12 heteroatoms. The van der Waals surface area contributed by atoms with Crippen molar-refractivity contribution in [2.24, 2.45) is 5.92 Å². The smallest absolute Gasteiger partial charge is 0.416 e. The molecule has 2 atom stereocenters. The van der Waals surface area contributed by atoms with Crippen LogP contribution in [0.2, 0.25) is 0 Å². The zero-order valence-corrected chi connectivity index (χ0v) is 27.8. The van der Waals surface area contributed by atoms with Crippen molar-refractivity contribution in [2.45, 2.75) is 51.2 Å². The number of thioether (sulfide) groups is 1. The van der Waals surface area contributed by atoms with E-state index in [2.05, 4.69) is 5.32 Å². The number of aliphatic carboxylic acids is 1. The molecule has 0 spiro atoms. The summed E-state index contributed by atoms with van der Waals surface area (Å²) in [6.45, 7) is 5.20. The fourth-order valence-corrected chi connectivity index (χ4v) is 7.11. The highest BCUT2D eigenvalue weighted by atomic mass is 32.2. The maximum Gasteiger partial charge on any atom is 0.416 e. The van der Waals surface area contributed by atoms with E-state index in [1.54, 1.807) is 30.0 Å². The van der Waals surface area contributed by atoms with E-state index in [1.165, 1.54) is 18.2 Å². The summed E-state index contributed by atoms with van der Waals surface area (Å²) in [6, 6.07) is 17.0. The third kappa shape index (κ3) is 10.2. The van der Waals surface area contributed by atoms with E-state index in [1.807, 2.05) is 45.1 Å². The minimum absolute atomic E-state index is 0.0558. The molecule has 3 aromatic carbocycles. The predicted octanol–water partition coefficient (Wildman–Crippen LogP) is 10.2. The van der Waals surface area contributed by atoms with Gasteiger partial charge in [-0.1, -0.05) is 73.7 Å². The maximum absolute atomic E-state index is 13.3. The fourth-order valence-electron chi connectivity index (χ4n) is 5.28. The molecule has 0 aromatic heterocycles. The van der Waals surface area contributed by atoms with Crippen LogP contribution in [0, 0.1) is 5.92 Å². The maximum atomic E-state index is 13.3. The summed E-state index contributed by atoms with van der Waals surface area (Å²) in [6.07, 6.45) is -3.81. The van der Waals surface area contributed by atoms with Crippen molar-refractivity contribution in [1.29, 1.82) is 0 Å². The second-order valence-corrected chi connectivity index (χ2v) is 13.2. The summed E-state index contributed by atoms with van der Waals surface area (Å²) in [7, 11) is 0. The first-order valence-electron chi connectivity index (χ1n) is 14.9. The SMILES string of the molecule is CC1=C(OCC(=O)O)C(C)CC(SC(/C=C(\C)NC(=S)c2ccc(C(F)(F)F)cc2)Cc2ccc(-c3cccc(C(F)(F)F)c3)cc2)=C1. The monoisotopic (exact) mass is 705 g/mol. The minimum atomic E-state index is -4.46. The fraction of sp³-hybridized carbons (Fsp3) is 0.278. The van der Waals surface area contributed by atoms with Crippen LogP contribution in [0.5, 0.6) is 0 Å². The lowest BCUT2D eigenvalue weighted by Gasteiger charge is -2.26. The van der Waals surface area contributed by atoms with Gasteiger partial charge in [-0.2, -0.15) is 26.3 Å². The number of rotatable bonds is 11. The molecule has 0 saturated carbocycles. The molecule has 0 fully saturated rings. The van der Waals surface area contributed by atoms with Crippen LogP contribution in [-0.4, -0.2) is 27.9 Å². The number of hydrogen-bond acceptors (Lipinski definition) is 4. The minimum Gasteiger partial charge on any atom is -0.486 e. The Morgan fingerprint density at radius 1 is 1.00 bits per heavy atom. The molecule has 2 N–H and O–H groups in total. The molecule has 1 aliphatic carbocycles.